The van der Waals surface area contributed by atoms with Crippen molar-refractivity contribution in [3.8, 4) is 5.75 Å². The number of rotatable bonds is 6. The van der Waals surface area contributed by atoms with Gasteiger partial charge >= 0.3 is 6.03 Å². The van der Waals surface area contributed by atoms with Crippen LogP contribution >= 0.6 is 0 Å². The lowest BCUT2D eigenvalue weighted by atomic mass is 9.95. The predicted octanol–water partition coefficient (Wildman–Crippen LogP) is 3.75. The van der Waals surface area contributed by atoms with E-state index in [2.05, 4.69) is 12.2 Å². The number of urea groups is 1. The van der Waals surface area contributed by atoms with E-state index in [1.54, 1.807) is 7.11 Å². The van der Waals surface area contributed by atoms with Gasteiger partial charge in [0.15, 0.2) is 0 Å². The highest BCUT2D eigenvalue weighted by Gasteiger charge is 2.41. The van der Waals surface area contributed by atoms with Crippen molar-refractivity contribution in [2.24, 2.45) is 0 Å². The molecule has 1 aliphatic rings. The number of methoxy groups -OCH3 is 1. The monoisotopic (exact) mass is 334 g/mol. The highest BCUT2D eigenvalue weighted by atomic mass is 16.5. The summed E-state index contributed by atoms with van der Waals surface area (Å²) < 4.78 is 11.0. The topological polar surface area (TPSA) is 50.8 Å². The maximum atomic E-state index is 12.8. The van der Waals surface area contributed by atoms with E-state index in [1.807, 2.05) is 43.0 Å². The van der Waals surface area contributed by atoms with Crippen molar-refractivity contribution >= 4 is 6.03 Å². The fourth-order valence-electron chi connectivity index (χ4n) is 3.13. The number of unbranched alkanes of at least 4 members (excludes halogenated alkanes) is 2. The standard InChI is InChI=1S/C19H30N2O3/c1-5-6-7-12-20-18(22)21-17(13-24-14-19(21,2)3)15-8-10-16(23-4)11-9-15/h8-11,17H,5-7,12-14H2,1-4H3,(H,20,22). The van der Waals surface area contributed by atoms with Crippen LogP contribution in [0.4, 0.5) is 4.79 Å². The van der Waals surface area contributed by atoms with Crippen LogP contribution in [0, 0.1) is 0 Å². The number of ether oxygens (including phenoxy) is 2. The van der Waals surface area contributed by atoms with E-state index in [1.165, 1.54) is 0 Å². The molecular formula is C19H30N2O3. The molecule has 1 aliphatic heterocycles. The van der Waals surface area contributed by atoms with Crippen LogP contribution in [0.3, 0.4) is 0 Å². The van der Waals surface area contributed by atoms with Crippen LogP contribution in [0.5, 0.6) is 5.75 Å². The third kappa shape index (κ3) is 4.41. The molecule has 134 valence electrons. The predicted molar refractivity (Wildman–Crippen MR) is 95.4 cm³/mol. The molecule has 0 radical (unpaired) electrons. The first-order chi connectivity index (χ1) is 11.5. The molecule has 0 saturated carbocycles. The van der Waals surface area contributed by atoms with Crippen molar-refractivity contribution in [1.82, 2.24) is 10.2 Å². The summed E-state index contributed by atoms with van der Waals surface area (Å²) in [5.41, 5.74) is 0.713. The van der Waals surface area contributed by atoms with E-state index in [0.717, 1.165) is 37.1 Å². The molecule has 0 spiro atoms. The Morgan fingerprint density at radius 2 is 2.04 bits per heavy atom. The number of morpholine rings is 1. The summed E-state index contributed by atoms with van der Waals surface area (Å²) in [7, 11) is 1.65. The van der Waals surface area contributed by atoms with Gasteiger partial charge in [-0.05, 0) is 38.0 Å². The van der Waals surface area contributed by atoms with Gasteiger partial charge in [-0.1, -0.05) is 31.9 Å². The molecule has 0 aromatic heterocycles. The summed E-state index contributed by atoms with van der Waals surface area (Å²) in [6, 6.07) is 7.76. The molecule has 0 aliphatic carbocycles. The van der Waals surface area contributed by atoms with Gasteiger partial charge in [-0.2, -0.15) is 0 Å². The third-order valence-corrected chi connectivity index (χ3v) is 4.47. The average Bonchev–Trinajstić information content (AvgIpc) is 2.57. The summed E-state index contributed by atoms with van der Waals surface area (Å²) in [6.45, 7) is 8.03. The van der Waals surface area contributed by atoms with Crippen LogP contribution in [0.25, 0.3) is 0 Å². The van der Waals surface area contributed by atoms with Crippen LogP contribution in [0.2, 0.25) is 0 Å². The highest BCUT2D eigenvalue weighted by molar-refractivity contribution is 5.76. The van der Waals surface area contributed by atoms with Gasteiger partial charge in [0.1, 0.15) is 5.75 Å². The summed E-state index contributed by atoms with van der Waals surface area (Å²) in [6.07, 6.45) is 3.29. The number of carbonyl (C=O) groups excluding carboxylic acids is 1. The normalized spacial score (nSPS) is 19.8. The molecule has 1 atom stereocenters. The molecule has 2 amide bonds. The van der Waals surface area contributed by atoms with Gasteiger partial charge in [-0.15, -0.1) is 0 Å². The van der Waals surface area contributed by atoms with E-state index in [-0.39, 0.29) is 17.6 Å². The molecule has 24 heavy (non-hydrogen) atoms. The largest absolute Gasteiger partial charge is 0.497 e. The van der Waals surface area contributed by atoms with Crippen LogP contribution in [0.1, 0.15) is 51.6 Å². The lowest BCUT2D eigenvalue weighted by molar-refractivity contribution is -0.0656. The number of benzene rings is 1. The summed E-state index contributed by atoms with van der Waals surface area (Å²) >= 11 is 0. The second kappa shape index (κ2) is 8.38. The first kappa shape index (κ1) is 18.6. The van der Waals surface area contributed by atoms with Gasteiger partial charge < -0.3 is 19.7 Å². The lowest BCUT2D eigenvalue weighted by Crippen LogP contribution is -2.59. The quantitative estimate of drug-likeness (QED) is 0.806. The Balaban J connectivity index is 2.15. The number of amides is 2. The molecule has 1 aromatic carbocycles. The Kier molecular flexibility index (Phi) is 6.49. The van der Waals surface area contributed by atoms with E-state index in [9.17, 15) is 4.79 Å². The molecule has 5 heteroatoms. The molecule has 1 saturated heterocycles. The number of nitrogens with one attached hydrogen (secondary N) is 1. The van der Waals surface area contributed by atoms with Gasteiger partial charge in [0, 0.05) is 6.54 Å². The van der Waals surface area contributed by atoms with E-state index in [0.29, 0.717) is 13.2 Å². The smallest absolute Gasteiger partial charge is 0.318 e. The molecule has 5 nitrogen and oxygen atoms in total. The fraction of sp³-hybridized carbons (Fsp3) is 0.632. The van der Waals surface area contributed by atoms with Crippen molar-refractivity contribution in [3.05, 3.63) is 29.8 Å². The lowest BCUT2D eigenvalue weighted by Gasteiger charge is -2.47. The zero-order valence-corrected chi connectivity index (χ0v) is 15.3. The number of hydrogen-bond donors (Lipinski definition) is 1. The maximum Gasteiger partial charge on any atom is 0.318 e. The molecule has 1 unspecified atom stereocenters. The molecule has 1 fully saturated rings. The van der Waals surface area contributed by atoms with E-state index < -0.39 is 0 Å². The summed E-state index contributed by atoms with van der Waals surface area (Å²) in [4.78, 5) is 14.8. The zero-order valence-electron chi connectivity index (χ0n) is 15.3. The van der Waals surface area contributed by atoms with Crippen LogP contribution in [-0.4, -0.2) is 43.3 Å². The van der Waals surface area contributed by atoms with Crippen molar-refractivity contribution in [2.45, 2.75) is 51.6 Å². The van der Waals surface area contributed by atoms with Crippen LogP contribution in [0.15, 0.2) is 24.3 Å². The molecule has 1 aromatic rings. The highest BCUT2D eigenvalue weighted by Crippen LogP contribution is 2.33. The van der Waals surface area contributed by atoms with Crippen molar-refractivity contribution in [2.75, 3.05) is 26.9 Å². The van der Waals surface area contributed by atoms with Crippen molar-refractivity contribution < 1.29 is 14.3 Å². The molecule has 0 bridgehead atoms. The third-order valence-electron chi connectivity index (χ3n) is 4.47. The molecular weight excluding hydrogens is 304 g/mol. The molecule has 1 heterocycles. The zero-order chi connectivity index (χ0) is 17.6. The second-order valence-electron chi connectivity index (χ2n) is 6.93. The van der Waals surface area contributed by atoms with Crippen LogP contribution < -0.4 is 10.1 Å². The van der Waals surface area contributed by atoms with Crippen molar-refractivity contribution in [3.63, 3.8) is 0 Å². The maximum absolute atomic E-state index is 12.8. The average molecular weight is 334 g/mol. The fourth-order valence-corrected chi connectivity index (χ4v) is 3.13. The van der Waals surface area contributed by atoms with Crippen molar-refractivity contribution in [1.29, 1.82) is 0 Å². The van der Waals surface area contributed by atoms with E-state index >= 15 is 0 Å². The van der Waals surface area contributed by atoms with Crippen LogP contribution in [-0.2, 0) is 4.74 Å². The Morgan fingerprint density at radius 3 is 2.67 bits per heavy atom. The molecule has 2 rings (SSSR count). The van der Waals surface area contributed by atoms with Gasteiger partial charge in [-0.25, -0.2) is 4.79 Å². The van der Waals surface area contributed by atoms with Gasteiger partial charge in [0.25, 0.3) is 0 Å². The minimum Gasteiger partial charge on any atom is -0.497 e. The van der Waals surface area contributed by atoms with E-state index in [4.69, 9.17) is 9.47 Å². The number of carbonyl (C=O) groups is 1. The Morgan fingerprint density at radius 1 is 1.33 bits per heavy atom. The Bertz CT molecular complexity index is 528. The van der Waals surface area contributed by atoms with Gasteiger partial charge in [0.2, 0.25) is 0 Å². The number of nitrogens with zero attached hydrogens (tertiary/aromatic N) is 1. The first-order valence-electron chi connectivity index (χ1n) is 8.78. The Labute approximate surface area is 145 Å². The summed E-state index contributed by atoms with van der Waals surface area (Å²) in [5.74, 6) is 0.810. The van der Waals surface area contributed by atoms with Gasteiger partial charge in [0.05, 0.1) is 31.9 Å². The SMILES string of the molecule is CCCCCNC(=O)N1C(c2ccc(OC)cc2)COCC1(C)C. The minimum atomic E-state index is -0.350. The first-order valence-corrected chi connectivity index (χ1v) is 8.78. The second-order valence-corrected chi connectivity index (χ2v) is 6.93. The Hall–Kier alpha value is -1.75. The van der Waals surface area contributed by atoms with Gasteiger partial charge in [-0.3, -0.25) is 0 Å². The minimum absolute atomic E-state index is 0.0137. The number of hydrogen-bond acceptors (Lipinski definition) is 3. The summed E-state index contributed by atoms with van der Waals surface area (Å²) in [5, 5.41) is 3.07. The molecule has 1 N–H and O–H groups in total.